The summed E-state index contributed by atoms with van der Waals surface area (Å²) in [6.45, 7) is 0. The molecule has 0 unspecified atom stereocenters. The summed E-state index contributed by atoms with van der Waals surface area (Å²) < 4.78 is 0. The first-order chi connectivity index (χ1) is 2.64. The first-order valence-electron chi connectivity index (χ1n) is 1.07. The van der Waals surface area contributed by atoms with Gasteiger partial charge in [-0.1, -0.05) is 0 Å². The number of carbonyl (C=O) groups is 2. The van der Waals surface area contributed by atoms with Gasteiger partial charge in [0.2, 0.25) is 0 Å². The predicted octanol–water partition coefficient (Wildman–Crippen LogP) is -3.51. The molecule has 0 radical (unpaired) electrons. The largest absolute Gasteiger partial charge is 0.543 e. The average Bonchev–Trinajstić information content (AvgIpc) is 1.36. The zero-order valence-electron chi connectivity index (χ0n) is 3.13. The van der Waals surface area contributed by atoms with Crippen molar-refractivity contribution in [1.82, 2.24) is 0 Å². The van der Waals surface area contributed by atoms with Crippen LogP contribution in [0.2, 0.25) is 0 Å². The molecule has 0 saturated heterocycles. The second-order valence-corrected chi connectivity index (χ2v) is 0.575. The Kier molecular flexibility index (Phi) is 6.55. The van der Waals surface area contributed by atoms with Crippen molar-refractivity contribution in [2.45, 2.75) is 0 Å². The van der Waals surface area contributed by atoms with E-state index in [2.05, 4.69) is 0 Å². The van der Waals surface area contributed by atoms with E-state index in [-0.39, 0.29) is 40.8 Å². The predicted molar refractivity (Wildman–Crippen MR) is 10.0 cm³/mol. The van der Waals surface area contributed by atoms with Gasteiger partial charge in [-0.2, -0.15) is 0 Å². The molecule has 5 heteroatoms. The minimum atomic E-state index is -2.19. The Balaban J connectivity index is 0. The smallest absolute Gasteiger partial charge is 0.0870 e. The van der Waals surface area contributed by atoms with Gasteiger partial charge in [-0.3, -0.25) is 0 Å². The van der Waals surface area contributed by atoms with Crippen molar-refractivity contribution in [2.75, 3.05) is 0 Å². The van der Waals surface area contributed by atoms with Crippen LogP contribution in [0, 0.1) is 40.8 Å². The van der Waals surface area contributed by atoms with Gasteiger partial charge in [0.1, 0.15) is 0 Å². The summed E-state index contributed by atoms with van der Waals surface area (Å²) in [7, 11) is 0. The van der Waals surface area contributed by atoms with Crippen molar-refractivity contribution in [2.24, 2.45) is 0 Å². The quantitative estimate of drug-likeness (QED) is 0.406. The van der Waals surface area contributed by atoms with Crippen LogP contribution in [0.1, 0.15) is 0 Å². The first kappa shape index (κ1) is 10.3. The minimum absolute atomic E-state index is 0. The van der Waals surface area contributed by atoms with Crippen LogP contribution in [0.25, 0.3) is 0 Å². The molecule has 0 aliphatic rings. The van der Waals surface area contributed by atoms with Crippen LogP contribution in [-0.2, 0) is 9.59 Å². The molecule has 0 atom stereocenters. The third kappa shape index (κ3) is 6.29. The van der Waals surface area contributed by atoms with E-state index in [0.29, 0.717) is 0 Å². The maximum atomic E-state index is 8.93. The summed E-state index contributed by atoms with van der Waals surface area (Å²) in [5, 5.41) is 17.9. The molecule has 0 aromatic rings. The summed E-state index contributed by atoms with van der Waals surface area (Å²) in [5.41, 5.74) is 0. The molecule has 0 aliphatic heterocycles. The van der Waals surface area contributed by atoms with Gasteiger partial charge < -0.3 is 19.8 Å². The first-order valence-corrected chi connectivity index (χ1v) is 1.07. The number of hydrogen-bond acceptors (Lipinski definition) is 4. The van der Waals surface area contributed by atoms with E-state index < -0.39 is 11.9 Å². The molecular weight excluding hydrogens is 232 g/mol. The van der Waals surface area contributed by atoms with E-state index in [0.717, 1.165) is 0 Å². The monoisotopic (exact) mass is 230 g/mol. The molecule has 0 heterocycles. The van der Waals surface area contributed by atoms with Crippen molar-refractivity contribution >= 4 is 11.9 Å². The number of carbonyl (C=O) groups excluding carboxylic acids is 2. The average molecular weight is 232 g/mol. The number of carboxylic acid groups (broad SMARTS) is 2. The van der Waals surface area contributed by atoms with Gasteiger partial charge >= 0.3 is 0 Å². The molecule has 0 aromatic carbocycles. The summed E-state index contributed by atoms with van der Waals surface area (Å²) in [6, 6.07) is 0. The molecule has 0 bridgehead atoms. The molecular formula is C2NdO4-2. The van der Waals surface area contributed by atoms with Crippen LogP contribution >= 0.6 is 0 Å². The fraction of sp³-hybridized carbons (Fsp3) is 0. The van der Waals surface area contributed by atoms with Crippen LogP contribution in [0.15, 0.2) is 0 Å². The number of hydrogen-bond donors (Lipinski definition) is 0. The van der Waals surface area contributed by atoms with E-state index >= 15 is 0 Å². The normalized spacial score (nSPS) is 6.29. The van der Waals surface area contributed by atoms with Crippen molar-refractivity contribution < 1.29 is 60.6 Å². The van der Waals surface area contributed by atoms with E-state index in [9.17, 15) is 0 Å². The fourth-order valence-electron chi connectivity index (χ4n) is 0. The molecule has 0 rings (SSSR count). The van der Waals surface area contributed by atoms with E-state index in [1.807, 2.05) is 0 Å². The summed E-state index contributed by atoms with van der Waals surface area (Å²) >= 11 is 0. The zero-order chi connectivity index (χ0) is 5.15. The van der Waals surface area contributed by atoms with Gasteiger partial charge in [0.05, 0.1) is 11.9 Å². The van der Waals surface area contributed by atoms with E-state index in [1.165, 1.54) is 0 Å². The van der Waals surface area contributed by atoms with Crippen LogP contribution in [0.4, 0.5) is 0 Å². The summed E-state index contributed by atoms with van der Waals surface area (Å²) in [6.07, 6.45) is 0. The standard InChI is InChI=1S/C2H2O4.Nd/c3-1(4)2(5)6;/h(H,3,4)(H,5,6);/p-2. The number of aliphatic carboxylic acids is 2. The van der Waals surface area contributed by atoms with Gasteiger partial charge in [0.25, 0.3) is 0 Å². The summed E-state index contributed by atoms with van der Waals surface area (Å²) in [5.74, 6) is -4.37. The Hall–Kier alpha value is 0.291. The molecule has 0 saturated carbocycles. The van der Waals surface area contributed by atoms with E-state index in [4.69, 9.17) is 19.8 Å². The Bertz CT molecular complexity index is 75.7. The van der Waals surface area contributed by atoms with Crippen LogP contribution < -0.4 is 10.2 Å². The van der Waals surface area contributed by atoms with Crippen molar-refractivity contribution in [3.8, 4) is 0 Å². The van der Waals surface area contributed by atoms with Crippen molar-refractivity contribution in [1.29, 1.82) is 0 Å². The maximum absolute atomic E-state index is 8.93. The van der Waals surface area contributed by atoms with Gasteiger partial charge in [-0.25, -0.2) is 0 Å². The maximum Gasteiger partial charge on any atom is 0.0870 e. The molecule has 38 valence electrons. The van der Waals surface area contributed by atoms with Crippen LogP contribution in [-0.4, -0.2) is 11.9 Å². The van der Waals surface area contributed by atoms with Gasteiger partial charge in [-0.15, -0.1) is 0 Å². The van der Waals surface area contributed by atoms with Crippen molar-refractivity contribution in [3.63, 3.8) is 0 Å². The van der Waals surface area contributed by atoms with Gasteiger partial charge in [0, 0.05) is 40.8 Å². The Morgan fingerprint density at radius 2 is 1.14 bits per heavy atom. The molecule has 0 spiro atoms. The molecule has 0 N–H and O–H groups in total. The number of carboxylic acids is 2. The summed E-state index contributed by atoms with van der Waals surface area (Å²) in [4.78, 5) is 17.9. The molecule has 4 nitrogen and oxygen atoms in total. The fourth-order valence-corrected chi connectivity index (χ4v) is 0. The minimum Gasteiger partial charge on any atom is -0.543 e. The van der Waals surface area contributed by atoms with Crippen LogP contribution in [0.5, 0.6) is 0 Å². The van der Waals surface area contributed by atoms with Crippen molar-refractivity contribution in [3.05, 3.63) is 0 Å². The second kappa shape index (κ2) is 4.45. The second-order valence-electron chi connectivity index (χ2n) is 0.575. The van der Waals surface area contributed by atoms with Crippen LogP contribution in [0.3, 0.4) is 0 Å². The topological polar surface area (TPSA) is 80.3 Å². The number of rotatable bonds is 0. The SMILES string of the molecule is O=C([O-])C(=O)[O-].[Nd]. The van der Waals surface area contributed by atoms with Gasteiger partial charge in [-0.05, 0) is 0 Å². The molecule has 0 aliphatic carbocycles. The Labute approximate surface area is 72.0 Å². The van der Waals surface area contributed by atoms with E-state index in [1.54, 1.807) is 0 Å². The molecule has 0 amide bonds. The third-order valence-electron chi connectivity index (χ3n) is 0.167. The zero-order valence-corrected chi connectivity index (χ0v) is 6.34. The molecule has 7 heavy (non-hydrogen) atoms. The molecule has 0 fully saturated rings. The third-order valence-corrected chi connectivity index (χ3v) is 0.167. The Morgan fingerprint density at radius 3 is 1.14 bits per heavy atom. The van der Waals surface area contributed by atoms with Gasteiger partial charge in [0.15, 0.2) is 0 Å². The molecule has 0 aromatic heterocycles. The Morgan fingerprint density at radius 1 is 1.00 bits per heavy atom.